The molecule has 0 aliphatic heterocycles. The molecule has 0 aliphatic carbocycles. The molecule has 0 aliphatic rings. The highest BCUT2D eigenvalue weighted by Crippen LogP contribution is 2.18. The maximum atomic E-state index is 12.5. The van der Waals surface area contributed by atoms with E-state index in [0.717, 1.165) is 11.3 Å². The minimum atomic E-state index is -0.282. The number of carbonyl (C=O) groups excluding carboxylic acids is 2. The molecule has 0 spiro atoms. The molecule has 0 saturated heterocycles. The number of para-hydroxylation sites is 2. The quantitative estimate of drug-likeness (QED) is 0.467. The van der Waals surface area contributed by atoms with Crippen LogP contribution in [-0.4, -0.2) is 31.6 Å². The zero-order valence-electron chi connectivity index (χ0n) is 17.3. The fourth-order valence-corrected chi connectivity index (χ4v) is 2.88. The molecule has 0 atom stereocenters. The number of hydrogen-bond donors (Lipinski definition) is 2. The summed E-state index contributed by atoms with van der Waals surface area (Å²) in [5.74, 6) is 0.843. The van der Waals surface area contributed by atoms with Gasteiger partial charge in [0.15, 0.2) is 0 Å². The molecular formula is C25H26N2O4. The van der Waals surface area contributed by atoms with Gasteiger partial charge in [0, 0.05) is 19.5 Å². The van der Waals surface area contributed by atoms with Crippen molar-refractivity contribution in [1.82, 2.24) is 10.6 Å². The van der Waals surface area contributed by atoms with Gasteiger partial charge >= 0.3 is 0 Å². The van der Waals surface area contributed by atoms with Gasteiger partial charge in [-0.3, -0.25) is 9.59 Å². The second-order valence-electron chi connectivity index (χ2n) is 6.77. The Morgan fingerprint density at radius 1 is 0.710 bits per heavy atom. The largest absolute Gasteiger partial charge is 0.490 e. The van der Waals surface area contributed by atoms with Gasteiger partial charge in [0.25, 0.3) is 5.91 Å². The first kappa shape index (κ1) is 21.9. The van der Waals surface area contributed by atoms with Crippen molar-refractivity contribution in [3.05, 3.63) is 96.1 Å². The number of ether oxygens (including phenoxy) is 2. The fraction of sp³-hybridized carbons (Fsp3) is 0.200. The van der Waals surface area contributed by atoms with Crippen LogP contribution in [0, 0.1) is 0 Å². The summed E-state index contributed by atoms with van der Waals surface area (Å²) in [6, 6.07) is 26.2. The number of carbonyl (C=O) groups is 2. The first-order valence-electron chi connectivity index (χ1n) is 10.2. The van der Waals surface area contributed by atoms with Crippen molar-refractivity contribution in [2.24, 2.45) is 0 Å². The van der Waals surface area contributed by atoms with Crippen LogP contribution in [0.1, 0.15) is 22.3 Å². The van der Waals surface area contributed by atoms with Crippen molar-refractivity contribution in [3.8, 4) is 11.5 Å². The van der Waals surface area contributed by atoms with E-state index in [1.165, 1.54) is 0 Å². The normalized spacial score (nSPS) is 10.2. The number of nitrogens with one attached hydrogen (secondary N) is 2. The number of amides is 2. The van der Waals surface area contributed by atoms with E-state index in [-0.39, 0.29) is 24.8 Å². The van der Waals surface area contributed by atoms with Crippen molar-refractivity contribution < 1.29 is 19.1 Å². The van der Waals surface area contributed by atoms with Gasteiger partial charge in [0.2, 0.25) is 5.91 Å². The first-order valence-corrected chi connectivity index (χ1v) is 10.2. The molecule has 2 N–H and O–H groups in total. The zero-order valence-corrected chi connectivity index (χ0v) is 17.3. The fourth-order valence-electron chi connectivity index (χ4n) is 2.88. The predicted octanol–water partition coefficient (Wildman–Crippen LogP) is 3.58. The van der Waals surface area contributed by atoms with Crippen molar-refractivity contribution in [3.63, 3.8) is 0 Å². The van der Waals surface area contributed by atoms with Crippen LogP contribution in [-0.2, 0) is 11.3 Å². The third kappa shape index (κ3) is 7.51. The summed E-state index contributed by atoms with van der Waals surface area (Å²) in [5, 5.41) is 5.62. The Labute approximate surface area is 182 Å². The number of benzene rings is 3. The van der Waals surface area contributed by atoms with Crippen molar-refractivity contribution in [2.45, 2.75) is 13.0 Å². The summed E-state index contributed by atoms with van der Waals surface area (Å²) in [4.78, 5) is 24.5. The van der Waals surface area contributed by atoms with Gasteiger partial charge in [0.1, 0.15) is 24.7 Å². The van der Waals surface area contributed by atoms with Crippen molar-refractivity contribution in [1.29, 1.82) is 0 Å². The lowest BCUT2D eigenvalue weighted by molar-refractivity contribution is -0.121. The van der Waals surface area contributed by atoms with E-state index >= 15 is 0 Å². The van der Waals surface area contributed by atoms with Gasteiger partial charge < -0.3 is 20.1 Å². The molecule has 31 heavy (non-hydrogen) atoms. The van der Waals surface area contributed by atoms with E-state index in [1.807, 2.05) is 60.7 Å². The van der Waals surface area contributed by atoms with Gasteiger partial charge in [-0.2, -0.15) is 0 Å². The molecule has 0 aromatic heterocycles. The zero-order chi connectivity index (χ0) is 21.7. The molecule has 0 saturated carbocycles. The summed E-state index contributed by atoms with van der Waals surface area (Å²) in [7, 11) is 0. The van der Waals surface area contributed by atoms with Gasteiger partial charge in [-0.25, -0.2) is 0 Å². The van der Waals surface area contributed by atoms with E-state index in [9.17, 15) is 9.59 Å². The Morgan fingerprint density at radius 2 is 1.35 bits per heavy atom. The Balaban J connectivity index is 1.40. The lowest BCUT2D eigenvalue weighted by Crippen LogP contribution is -2.30. The smallest absolute Gasteiger partial charge is 0.255 e. The topological polar surface area (TPSA) is 76.7 Å². The minimum absolute atomic E-state index is 0.119. The highest BCUT2D eigenvalue weighted by atomic mass is 16.5. The summed E-state index contributed by atoms with van der Waals surface area (Å²) in [6.07, 6.45) is 0.201. The lowest BCUT2D eigenvalue weighted by Gasteiger charge is -2.12. The summed E-state index contributed by atoms with van der Waals surface area (Å²) < 4.78 is 11.3. The number of rotatable bonds is 11. The maximum absolute atomic E-state index is 12.5. The molecule has 0 fully saturated rings. The van der Waals surface area contributed by atoms with Gasteiger partial charge in [-0.15, -0.1) is 0 Å². The van der Waals surface area contributed by atoms with Crippen LogP contribution in [0.3, 0.4) is 0 Å². The number of hydrogen-bond acceptors (Lipinski definition) is 4. The van der Waals surface area contributed by atoms with Crippen LogP contribution in [0.5, 0.6) is 11.5 Å². The van der Waals surface area contributed by atoms with Gasteiger partial charge in [0.05, 0.1) is 5.56 Å². The van der Waals surface area contributed by atoms with Crippen LogP contribution < -0.4 is 20.1 Å². The minimum Gasteiger partial charge on any atom is -0.490 e. The molecule has 3 rings (SSSR count). The van der Waals surface area contributed by atoms with Crippen molar-refractivity contribution >= 4 is 11.8 Å². The molecule has 0 bridgehead atoms. The predicted molar refractivity (Wildman–Crippen MR) is 119 cm³/mol. The SMILES string of the molecule is O=C(CCNC(=O)c1ccccc1OCCOc1ccccc1)NCc1ccccc1. The van der Waals surface area contributed by atoms with E-state index in [4.69, 9.17) is 9.47 Å². The molecule has 0 unspecified atom stereocenters. The summed E-state index contributed by atoms with van der Waals surface area (Å²) >= 11 is 0. The molecule has 3 aromatic rings. The van der Waals surface area contributed by atoms with Gasteiger partial charge in [-0.1, -0.05) is 60.7 Å². The van der Waals surface area contributed by atoms with Crippen LogP contribution in [0.4, 0.5) is 0 Å². The summed E-state index contributed by atoms with van der Waals surface area (Å²) in [5.41, 5.74) is 1.45. The van der Waals surface area contributed by atoms with E-state index in [0.29, 0.717) is 31.1 Å². The second-order valence-corrected chi connectivity index (χ2v) is 6.77. The second kappa shape index (κ2) is 12.0. The molecule has 0 radical (unpaired) electrons. The molecule has 3 aromatic carbocycles. The maximum Gasteiger partial charge on any atom is 0.255 e. The van der Waals surface area contributed by atoms with Crippen LogP contribution in [0.25, 0.3) is 0 Å². The average Bonchev–Trinajstić information content (AvgIpc) is 2.82. The highest BCUT2D eigenvalue weighted by molar-refractivity contribution is 5.97. The standard InChI is InChI=1S/C25H26N2O4/c28-24(27-19-20-9-3-1-4-10-20)15-16-26-25(29)22-13-7-8-14-23(22)31-18-17-30-21-11-5-2-6-12-21/h1-14H,15-19H2,(H,26,29)(H,27,28). The Kier molecular flexibility index (Phi) is 8.49. The first-order chi connectivity index (χ1) is 15.2. The highest BCUT2D eigenvalue weighted by Gasteiger charge is 2.12. The Bertz CT molecular complexity index is 962. The molecule has 6 nitrogen and oxygen atoms in total. The monoisotopic (exact) mass is 418 g/mol. The lowest BCUT2D eigenvalue weighted by atomic mass is 10.2. The Morgan fingerprint density at radius 3 is 2.13 bits per heavy atom. The molecule has 0 heterocycles. The van der Waals surface area contributed by atoms with Crippen LogP contribution >= 0.6 is 0 Å². The third-order valence-corrected chi connectivity index (χ3v) is 4.45. The van der Waals surface area contributed by atoms with Crippen LogP contribution in [0.15, 0.2) is 84.9 Å². The molecule has 2 amide bonds. The van der Waals surface area contributed by atoms with E-state index in [1.54, 1.807) is 24.3 Å². The van der Waals surface area contributed by atoms with E-state index < -0.39 is 0 Å². The van der Waals surface area contributed by atoms with Crippen LogP contribution in [0.2, 0.25) is 0 Å². The third-order valence-electron chi connectivity index (χ3n) is 4.45. The molecular weight excluding hydrogens is 392 g/mol. The van der Waals surface area contributed by atoms with Gasteiger partial charge in [-0.05, 0) is 29.8 Å². The summed E-state index contributed by atoms with van der Waals surface area (Å²) in [6.45, 7) is 1.38. The Hall–Kier alpha value is -3.80. The molecule has 160 valence electrons. The van der Waals surface area contributed by atoms with E-state index in [2.05, 4.69) is 10.6 Å². The molecule has 6 heteroatoms. The average molecular weight is 418 g/mol. The van der Waals surface area contributed by atoms with Crippen molar-refractivity contribution in [2.75, 3.05) is 19.8 Å².